The molecule has 1 unspecified atom stereocenters. The minimum absolute atomic E-state index is 0.0200. The average molecular weight is 347 g/mol. The maximum Gasteiger partial charge on any atom is 0.265 e. The third kappa shape index (κ3) is 3.81. The molecule has 0 bridgehead atoms. The van der Waals surface area contributed by atoms with Crippen LogP contribution in [0, 0.1) is 0 Å². The van der Waals surface area contributed by atoms with E-state index in [1.807, 2.05) is 19.0 Å². The highest BCUT2D eigenvalue weighted by atomic mass is 16.5. The number of hydrogen-bond donors (Lipinski definition) is 1. The Morgan fingerprint density at radius 1 is 1.40 bits per heavy atom. The molecule has 1 N–H and O–H groups in total. The summed E-state index contributed by atoms with van der Waals surface area (Å²) < 4.78 is 5.32. The largest absolute Gasteiger partial charge is 0.345 e. The Kier molecular flexibility index (Phi) is 5.03. The first-order chi connectivity index (χ1) is 12.0. The van der Waals surface area contributed by atoms with E-state index in [1.165, 1.54) is 0 Å². The van der Waals surface area contributed by atoms with Gasteiger partial charge in [-0.05, 0) is 24.5 Å². The zero-order valence-electron chi connectivity index (χ0n) is 15.2. The Bertz CT molecular complexity index is 722. The molecule has 3 heterocycles. The van der Waals surface area contributed by atoms with Crippen LogP contribution in [0.4, 0.5) is 5.95 Å². The van der Waals surface area contributed by atoms with Gasteiger partial charge in [0.1, 0.15) is 0 Å². The number of likely N-dealkylation sites (tertiary alicyclic amines) is 1. The second-order valence-electron chi connectivity index (χ2n) is 6.85. The Labute approximate surface area is 147 Å². The molecule has 0 aromatic carbocycles. The molecule has 9 nitrogen and oxygen atoms in total. The van der Waals surface area contributed by atoms with Crippen molar-refractivity contribution in [2.24, 2.45) is 0 Å². The van der Waals surface area contributed by atoms with Gasteiger partial charge in [-0.3, -0.25) is 14.8 Å². The summed E-state index contributed by atoms with van der Waals surface area (Å²) in [4.78, 5) is 22.4. The van der Waals surface area contributed by atoms with Crippen LogP contribution in [0.2, 0.25) is 0 Å². The monoisotopic (exact) mass is 347 g/mol. The highest BCUT2D eigenvalue weighted by molar-refractivity contribution is 5.94. The standard InChI is InChI=1S/C16H25N7O2/c1-21(2)15(24)12-8-17-19-14(12)11-6-5-7-23(9-11)10-13-18-16(20-25-13)22(3)4/h8,11H,5-7,9-10H2,1-4H3,(H,17,19). The van der Waals surface area contributed by atoms with E-state index in [4.69, 9.17) is 4.52 Å². The Hall–Kier alpha value is -2.42. The molecule has 0 saturated carbocycles. The van der Waals surface area contributed by atoms with Crippen LogP contribution in [0.1, 0.15) is 40.7 Å². The summed E-state index contributed by atoms with van der Waals surface area (Å²) in [5, 5.41) is 11.1. The van der Waals surface area contributed by atoms with E-state index in [1.54, 1.807) is 25.2 Å². The predicted octanol–water partition coefficient (Wildman–Crippen LogP) is 0.940. The summed E-state index contributed by atoms with van der Waals surface area (Å²) in [6, 6.07) is 0. The number of H-pyrrole nitrogens is 1. The summed E-state index contributed by atoms with van der Waals surface area (Å²) in [5.41, 5.74) is 1.58. The van der Waals surface area contributed by atoms with Crippen LogP contribution in [0.3, 0.4) is 0 Å². The van der Waals surface area contributed by atoms with Gasteiger partial charge in [-0.1, -0.05) is 0 Å². The Morgan fingerprint density at radius 3 is 2.88 bits per heavy atom. The van der Waals surface area contributed by atoms with Crippen molar-refractivity contribution < 1.29 is 9.32 Å². The molecule has 2 aromatic heterocycles. The van der Waals surface area contributed by atoms with Gasteiger partial charge in [-0.2, -0.15) is 10.1 Å². The summed E-state index contributed by atoms with van der Waals surface area (Å²) in [5.74, 6) is 1.41. The van der Waals surface area contributed by atoms with Crippen molar-refractivity contribution >= 4 is 11.9 Å². The van der Waals surface area contributed by atoms with Crippen LogP contribution in [0.15, 0.2) is 10.7 Å². The molecular weight excluding hydrogens is 322 g/mol. The van der Waals surface area contributed by atoms with Crippen molar-refractivity contribution in [1.29, 1.82) is 0 Å². The van der Waals surface area contributed by atoms with E-state index in [2.05, 4.69) is 25.2 Å². The Balaban J connectivity index is 1.69. The lowest BCUT2D eigenvalue weighted by Crippen LogP contribution is -2.35. The van der Waals surface area contributed by atoms with Crippen LogP contribution < -0.4 is 4.90 Å². The lowest BCUT2D eigenvalue weighted by molar-refractivity contribution is 0.0824. The lowest BCUT2D eigenvalue weighted by atomic mass is 9.92. The number of aromatic amines is 1. The molecule has 3 rings (SSSR count). The van der Waals surface area contributed by atoms with Crippen LogP contribution in [-0.2, 0) is 6.54 Å². The minimum Gasteiger partial charge on any atom is -0.345 e. The zero-order chi connectivity index (χ0) is 18.0. The van der Waals surface area contributed by atoms with Crippen molar-refractivity contribution in [3.05, 3.63) is 23.3 Å². The highest BCUT2D eigenvalue weighted by Gasteiger charge is 2.28. The molecule has 0 radical (unpaired) electrons. The molecule has 136 valence electrons. The van der Waals surface area contributed by atoms with Crippen LogP contribution in [-0.4, -0.2) is 77.3 Å². The maximum absolute atomic E-state index is 12.3. The fourth-order valence-corrected chi connectivity index (χ4v) is 3.14. The number of nitrogens with zero attached hydrogens (tertiary/aromatic N) is 6. The minimum atomic E-state index is -0.0200. The van der Waals surface area contributed by atoms with Gasteiger partial charge in [0.2, 0.25) is 5.89 Å². The second-order valence-corrected chi connectivity index (χ2v) is 6.85. The number of nitrogens with one attached hydrogen (secondary N) is 1. The molecule has 1 fully saturated rings. The van der Waals surface area contributed by atoms with Crippen LogP contribution in [0.25, 0.3) is 0 Å². The van der Waals surface area contributed by atoms with E-state index in [0.717, 1.165) is 31.6 Å². The van der Waals surface area contributed by atoms with Gasteiger partial charge in [0.15, 0.2) is 0 Å². The number of piperidine rings is 1. The van der Waals surface area contributed by atoms with Gasteiger partial charge in [0.25, 0.3) is 11.9 Å². The van der Waals surface area contributed by atoms with Gasteiger partial charge in [0, 0.05) is 40.7 Å². The molecule has 1 aliphatic heterocycles. The van der Waals surface area contributed by atoms with E-state index in [-0.39, 0.29) is 11.8 Å². The van der Waals surface area contributed by atoms with E-state index in [0.29, 0.717) is 23.9 Å². The topological polar surface area (TPSA) is 94.4 Å². The number of hydrogen-bond acceptors (Lipinski definition) is 7. The number of carbonyl (C=O) groups is 1. The number of amides is 1. The average Bonchev–Trinajstić information content (AvgIpc) is 3.23. The molecule has 0 aliphatic carbocycles. The first-order valence-electron chi connectivity index (χ1n) is 8.43. The number of aromatic nitrogens is 4. The van der Waals surface area contributed by atoms with Gasteiger partial charge in [-0.25, -0.2) is 0 Å². The summed E-state index contributed by atoms with van der Waals surface area (Å²) in [7, 11) is 7.27. The smallest absolute Gasteiger partial charge is 0.265 e. The van der Waals surface area contributed by atoms with Crippen molar-refractivity contribution in [3.8, 4) is 0 Å². The van der Waals surface area contributed by atoms with Gasteiger partial charge >= 0.3 is 0 Å². The molecule has 1 aliphatic rings. The van der Waals surface area contributed by atoms with Crippen LogP contribution in [0.5, 0.6) is 0 Å². The third-order valence-electron chi connectivity index (χ3n) is 4.44. The van der Waals surface area contributed by atoms with Gasteiger partial charge < -0.3 is 14.3 Å². The summed E-state index contributed by atoms with van der Waals surface area (Å²) >= 11 is 0. The normalized spacial score (nSPS) is 18.3. The summed E-state index contributed by atoms with van der Waals surface area (Å²) in [6.45, 7) is 2.42. The lowest BCUT2D eigenvalue weighted by Gasteiger charge is -2.31. The molecule has 1 saturated heterocycles. The van der Waals surface area contributed by atoms with Crippen LogP contribution >= 0.6 is 0 Å². The van der Waals surface area contributed by atoms with E-state index < -0.39 is 0 Å². The fraction of sp³-hybridized carbons (Fsp3) is 0.625. The third-order valence-corrected chi connectivity index (χ3v) is 4.44. The molecule has 0 spiro atoms. The second kappa shape index (κ2) is 7.22. The molecule has 1 amide bonds. The number of carbonyl (C=O) groups excluding carboxylic acids is 1. The SMILES string of the molecule is CN(C)C(=O)c1cn[nH]c1C1CCCN(Cc2nc(N(C)C)no2)C1. The quantitative estimate of drug-likeness (QED) is 0.860. The maximum atomic E-state index is 12.3. The van der Waals surface area contributed by atoms with Crippen molar-refractivity contribution in [2.75, 3.05) is 46.2 Å². The first-order valence-corrected chi connectivity index (χ1v) is 8.43. The predicted molar refractivity (Wildman–Crippen MR) is 92.5 cm³/mol. The van der Waals surface area contributed by atoms with E-state index >= 15 is 0 Å². The van der Waals surface area contributed by atoms with Gasteiger partial charge in [0.05, 0.1) is 24.0 Å². The summed E-state index contributed by atoms with van der Waals surface area (Å²) in [6.07, 6.45) is 3.70. The number of anilines is 1. The molecule has 2 aromatic rings. The molecule has 1 atom stereocenters. The van der Waals surface area contributed by atoms with Crippen molar-refractivity contribution in [1.82, 2.24) is 30.1 Å². The van der Waals surface area contributed by atoms with Crippen molar-refractivity contribution in [3.63, 3.8) is 0 Å². The number of rotatable bonds is 5. The van der Waals surface area contributed by atoms with Crippen molar-refractivity contribution in [2.45, 2.75) is 25.3 Å². The fourth-order valence-electron chi connectivity index (χ4n) is 3.14. The highest BCUT2D eigenvalue weighted by Crippen LogP contribution is 2.29. The molecule has 9 heteroatoms. The zero-order valence-corrected chi connectivity index (χ0v) is 15.2. The molecule has 25 heavy (non-hydrogen) atoms. The first kappa shape index (κ1) is 17.4. The Morgan fingerprint density at radius 2 is 2.20 bits per heavy atom. The molecular formula is C16H25N7O2. The van der Waals surface area contributed by atoms with E-state index in [9.17, 15) is 4.79 Å². The van der Waals surface area contributed by atoms with Gasteiger partial charge in [-0.15, -0.1) is 0 Å².